The van der Waals surface area contributed by atoms with Crippen LogP contribution in [0.1, 0.15) is 15.9 Å². The van der Waals surface area contributed by atoms with E-state index in [0.717, 1.165) is 14.7 Å². The maximum absolute atomic E-state index is 12.0. The van der Waals surface area contributed by atoms with Crippen molar-refractivity contribution < 1.29 is 9.59 Å². The van der Waals surface area contributed by atoms with Crippen LogP contribution in [0.5, 0.6) is 0 Å². The fourth-order valence-electron chi connectivity index (χ4n) is 2.17. The molecule has 0 aliphatic rings. The Bertz CT molecular complexity index is 894. The molecule has 0 spiro atoms. The molecule has 0 aliphatic carbocycles. The lowest BCUT2D eigenvalue weighted by atomic mass is 10.1. The van der Waals surface area contributed by atoms with E-state index in [1.165, 1.54) is 24.2 Å². The highest BCUT2D eigenvalue weighted by Gasteiger charge is 2.09. The molecular formula is C17H20N4O4. The van der Waals surface area contributed by atoms with Crippen molar-refractivity contribution in [2.24, 2.45) is 7.05 Å². The molecule has 0 bridgehead atoms. The van der Waals surface area contributed by atoms with Gasteiger partial charge in [0.1, 0.15) is 6.54 Å². The van der Waals surface area contributed by atoms with E-state index in [2.05, 4.69) is 5.32 Å². The van der Waals surface area contributed by atoms with Gasteiger partial charge >= 0.3 is 5.69 Å². The van der Waals surface area contributed by atoms with Gasteiger partial charge in [-0.1, -0.05) is 12.1 Å². The molecule has 0 atom stereocenters. The van der Waals surface area contributed by atoms with Crippen molar-refractivity contribution in [3.63, 3.8) is 0 Å². The Balaban J connectivity index is 1.96. The van der Waals surface area contributed by atoms with E-state index in [0.29, 0.717) is 5.56 Å². The van der Waals surface area contributed by atoms with Crippen molar-refractivity contribution >= 4 is 11.8 Å². The Kier molecular flexibility index (Phi) is 5.53. The Labute approximate surface area is 144 Å². The summed E-state index contributed by atoms with van der Waals surface area (Å²) in [6.07, 6.45) is 1.30. The highest BCUT2D eigenvalue weighted by atomic mass is 16.2. The van der Waals surface area contributed by atoms with E-state index in [1.807, 2.05) is 0 Å². The summed E-state index contributed by atoms with van der Waals surface area (Å²) in [7, 11) is 4.71. The van der Waals surface area contributed by atoms with Gasteiger partial charge in [-0.3, -0.25) is 23.5 Å². The summed E-state index contributed by atoms with van der Waals surface area (Å²) in [5.41, 5.74) is 0.427. The Morgan fingerprint density at radius 1 is 1.08 bits per heavy atom. The molecule has 1 aromatic carbocycles. The molecule has 0 aliphatic heterocycles. The molecule has 1 heterocycles. The molecule has 1 aromatic heterocycles. The van der Waals surface area contributed by atoms with E-state index in [4.69, 9.17) is 0 Å². The molecule has 0 fully saturated rings. The third-order valence-corrected chi connectivity index (χ3v) is 3.67. The summed E-state index contributed by atoms with van der Waals surface area (Å²) in [4.78, 5) is 48.5. The van der Waals surface area contributed by atoms with Crippen molar-refractivity contribution in [1.82, 2.24) is 19.4 Å². The van der Waals surface area contributed by atoms with Gasteiger partial charge < -0.3 is 10.2 Å². The van der Waals surface area contributed by atoms with Crippen molar-refractivity contribution in [3.05, 3.63) is 68.5 Å². The van der Waals surface area contributed by atoms with Crippen LogP contribution in [0, 0.1) is 0 Å². The second-order valence-corrected chi connectivity index (χ2v) is 5.80. The summed E-state index contributed by atoms with van der Waals surface area (Å²) >= 11 is 0. The number of nitrogens with one attached hydrogen (secondary N) is 1. The van der Waals surface area contributed by atoms with Gasteiger partial charge in [0.25, 0.3) is 11.5 Å². The van der Waals surface area contributed by atoms with Crippen LogP contribution in [-0.4, -0.2) is 39.9 Å². The third kappa shape index (κ3) is 4.43. The van der Waals surface area contributed by atoms with E-state index in [1.54, 1.807) is 38.4 Å². The van der Waals surface area contributed by atoms with E-state index < -0.39 is 11.2 Å². The molecule has 8 heteroatoms. The zero-order valence-corrected chi connectivity index (χ0v) is 14.4. The first-order chi connectivity index (χ1) is 11.8. The second-order valence-electron chi connectivity index (χ2n) is 5.80. The predicted molar refractivity (Wildman–Crippen MR) is 92.2 cm³/mol. The lowest BCUT2D eigenvalue weighted by Gasteiger charge is -2.11. The fourth-order valence-corrected chi connectivity index (χ4v) is 2.17. The number of hydrogen-bond donors (Lipinski definition) is 1. The molecule has 2 aromatic rings. The fraction of sp³-hybridized carbons (Fsp3) is 0.294. The van der Waals surface area contributed by atoms with Crippen LogP contribution in [0.3, 0.4) is 0 Å². The largest absolute Gasteiger partial charge is 0.350 e. The Morgan fingerprint density at radius 3 is 2.32 bits per heavy atom. The first-order valence-electron chi connectivity index (χ1n) is 7.63. The zero-order chi connectivity index (χ0) is 18.6. The van der Waals surface area contributed by atoms with Crippen LogP contribution in [0.2, 0.25) is 0 Å². The van der Waals surface area contributed by atoms with Gasteiger partial charge in [0.05, 0.1) is 0 Å². The maximum atomic E-state index is 12.0. The van der Waals surface area contributed by atoms with E-state index in [-0.39, 0.29) is 24.9 Å². The molecule has 0 saturated heterocycles. The molecular weight excluding hydrogens is 324 g/mol. The first-order valence-corrected chi connectivity index (χ1v) is 7.63. The number of amides is 2. The molecule has 25 heavy (non-hydrogen) atoms. The van der Waals surface area contributed by atoms with Gasteiger partial charge in [-0.25, -0.2) is 4.79 Å². The SMILES string of the molecule is CN(C)C(=O)c1ccc(CNC(=O)Cn2ccc(=O)n(C)c2=O)cc1. The van der Waals surface area contributed by atoms with E-state index in [9.17, 15) is 19.2 Å². The number of carbonyl (C=O) groups excluding carboxylic acids is 2. The Morgan fingerprint density at radius 2 is 1.72 bits per heavy atom. The van der Waals surface area contributed by atoms with Crippen LogP contribution >= 0.6 is 0 Å². The zero-order valence-electron chi connectivity index (χ0n) is 14.4. The van der Waals surface area contributed by atoms with Gasteiger partial charge in [0, 0.05) is 45.5 Å². The minimum atomic E-state index is -0.547. The number of carbonyl (C=O) groups is 2. The van der Waals surface area contributed by atoms with Gasteiger partial charge in [-0.05, 0) is 17.7 Å². The van der Waals surface area contributed by atoms with Crippen LogP contribution < -0.4 is 16.6 Å². The topological polar surface area (TPSA) is 93.4 Å². The van der Waals surface area contributed by atoms with Crippen LogP contribution in [0.15, 0.2) is 46.1 Å². The smallest absolute Gasteiger partial charge is 0.331 e. The van der Waals surface area contributed by atoms with Crippen molar-refractivity contribution in [1.29, 1.82) is 0 Å². The number of nitrogens with zero attached hydrogens (tertiary/aromatic N) is 3. The molecule has 2 amide bonds. The average molecular weight is 344 g/mol. The minimum Gasteiger partial charge on any atom is -0.350 e. The molecule has 2 rings (SSSR count). The number of benzene rings is 1. The van der Waals surface area contributed by atoms with Crippen LogP contribution in [-0.2, 0) is 24.9 Å². The summed E-state index contributed by atoms with van der Waals surface area (Å²) in [6, 6.07) is 8.14. The van der Waals surface area contributed by atoms with Gasteiger partial charge in [-0.2, -0.15) is 0 Å². The van der Waals surface area contributed by atoms with Gasteiger partial charge in [0.2, 0.25) is 5.91 Å². The summed E-state index contributed by atoms with van der Waals surface area (Å²) in [6.45, 7) is 0.0972. The summed E-state index contributed by atoms with van der Waals surface area (Å²) in [5, 5.41) is 2.70. The van der Waals surface area contributed by atoms with Gasteiger partial charge in [0.15, 0.2) is 0 Å². The molecule has 132 valence electrons. The highest BCUT2D eigenvalue weighted by molar-refractivity contribution is 5.93. The molecule has 0 saturated carbocycles. The minimum absolute atomic E-state index is 0.0929. The third-order valence-electron chi connectivity index (χ3n) is 3.67. The number of aromatic nitrogens is 2. The van der Waals surface area contributed by atoms with Crippen molar-refractivity contribution in [2.75, 3.05) is 14.1 Å². The lowest BCUT2D eigenvalue weighted by molar-refractivity contribution is -0.121. The second kappa shape index (κ2) is 7.61. The standard InChI is InChI=1S/C17H20N4O4/c1-19(2)16(24)13-6-4-12(5-7-13)10-18-14(22)11-21-9-8-15(23)20(3)17(21)25/h4-9H,10-11H2,1-3H3,(H,18,22). The quantitative estimate of drug-likeness (QED) is 0.796. The number of rotatable bonds is 5. The molecule has 1 N–H and O–H groups in total. The average Bonchev–Trinajstić information content (AvgIpc) is 2.60. The first kappa shape index (κ1) is 18.2. The lowest BCUT2D eigenvalue weighted by Crippen LogP contribution is -2.40. The van der Waals surface area contributed by atoms with Crippen molar-refractivity contribution in [2.45, 2.75) is 13.1 Å². The summed E-state index contributed by atoms with van der Waals surface area (Å²) in [5.74, 6) is -0.446. The van der Waals surface area contributed by atoms with Gasteiger partial charge in [-0.15, -0.1) is 0 Å². The summed E-state index contributed by atoms with van der Waals surface area (Å²) < 4.78 is 2.10. The number of hydrogen-bond acceptors (Lipinski definition) is 4. The molecule has 0 radical (unpaired) electrons. The predicted octanol–water partition coefficient (Wildman–Crippen LogP) is -0.435. The monoisotopic (exact) mass is 344 g/mol. The highest BCUT2D eigenvalue weighted by Crippen LogP contribution is 2.06. The van der Waals surface area contributed by atoms with E-state index >= 15 is 0 Å². The molecule has 8 nitrogen and oxygen atoms in total. The molecule has 0 unspecified atom stereocenters. The normalized spacial score (nSPS) is 10.4. The van der Waals surface area contributed by atoms with Crippen LogP contribution in [0.4, 0.5) is 0 Å². The Hall–Kier alpha value is -3.16. The van der Waals surface area contributed by atoms with Crippen molar-refractivity contribution in [3.8, 4) is 0 Å². The van der Waals surface area contributed by atoms with Crippen LogP contribution in [0.25, 0.3) is 0 Å². The maximum Gasteiger partial charge on any atom is 0.331 e.